The lowest BCUT2D eigenvalue weighted by Gasteiger charge is -2.36. The highest BCUT2D eigenvalue weighted by atomic mass is 14.9. The molecule has 108 valence electrons. The molecule has 0 aromatic heterocycles. The molecule has 1 saturated heterocycles. The molecule has 2 aliphatic rings. The molecule has 1 aliphatic heterocycles. The van der Waals surface area contributed by atoms with Crippen molar-refractivity contribution in [2.24, 2.45) is 11.8 Å². The summed E-state index contributed by atoms with van der Waals surface area (Å²) in [5.74, 6) is 2.11. The molecule has 1 fully saturated rings. The summed E-state index contributed by atoms with van der Waals surface area (Å²) in [5, 5.41) is 3.62. The predicted molar refractivity (Wildman–Crippen MR) is 87.8 cm³/mol. The third kappa shape index (κ3) is 2.20. The highest BCUT2D eigenvalue weighted by Crippen LogP contribution is 2.45. The maximum atomic E-state index is 3.62. The summed E-state index contributed by atoms with van der Waals surface area (Å²) in [4.78, 5) is 0. The molecule has 4 rings (SSSR count). The van der Waals surface area contributed by atoms with Crippen LogP contribution in [-0.2, 0) is 6.42 Å². The van der Waals surface area contributed by atoms with E-state index < -0.39 is 0 Å². The van der Waals surface area contributed by atoms with Crippen molar-refractivity contribution >= 4 is 0 Å². The van der Waals surface area contributed by atoms with E-state index >= 15 is 0 Å². The second kappa shape index (κ2) is 4.99. The largest absolute Gasteiger partial charge is 0.316 e. The number of nitrogens with one attached hydrogen (secondary N) is 1. The van der Waals surface area contributed by atoms with Crippen LogP contribution in [0.1, 0.15) is 33.7 Å². The third-order valence-electron chi connectivity index (χ3n) is 5.38. The smallest absolute Gasteiger partial charge is 0.0136 e. The maximum absolute atomic E-state index is 3.62. The van der Waals surface area contributed by atoms with E-state index in [0.717, 1.165) is 18.4 Å². The fourth-order valence-corrected chi connectivity index (χ4v) is 4.27. The molecule has 21 heavy (non-hydrogen) atoms. The van der Waals surface area contributed by atoms with Gasteiger partial charge < -0.3 is 5.32 Å². The molecule has 0 radical (unpaired) electrons. The van der Waals surface area contributed by atoms with Crippen LogP contribution in [-0.4, -0.2) is 13.1 Å². The van der Waals surface area contributed by atoms with Crippen molar-refractivity contribution in [3.05, 3.63) is 70.3 Å². The third-order valence-corrected chi connectivity index (χ3v) is 5.38. The van der Waals surface area contributed by atoms with Gasteiger partial charge in [-0.2, -0.15) is 0 Å². The Morgan fingerprint density at radius 2 is 1.67 bits per heavy atom. The molecule has 1 N–H and O–H groups in total. The zero-order valence-electron chi connectivity index (χ0n) is 12.9. The first-order chi connectivity index (χ1) is 10.2. The van der Waals surface area contributed by atoms with E-state index in [1.807, 2.05) is 0 Å². The summed E-state index contributed by atoms with van der Waals surface area (Å²) in [6, 6.07) is 16.3. The molecule has 0 saturated carbocycles. The van der Waals surface area contributed by atoms with Crippen LogP contribution < -0.4 is 5.32 Å². The van der Waals surface area contributed by atoms with E-state index in [4.69, 9.17) is 0 Å². The first-order valence-electron chi connectivity index (χ1n) is 8.09. The van der Waals surface area contributed by atoms with Gasteiger partial charge in [-0.25, -0.2) is 0 Å². The summed E-state index contributed by atoms with van der Waals surface area (Å²) >= 11 is 0. The fraction of sp³-hybridized carbons (Fsp3) is 0.400. The van der Waals surface area contributed by atoms with Crippen molar-refractivity contribution in [2.45, 2.75) is 26.2 Å². The number of hydrogen-bond acceptors (Lipinski definition) is 1. The normalized spacial score (nSPS) is 27.2. The van der Waals surface area contributed by atoms with E-state index in [1.54, 1.807) is 11.1 Å². The van der Waals surface area contributed by atoms with Crippen LogP contribution in [0.3, 0.4) is 0 Å². The van der Waals surface area contributed by atoms with Gasteiger partial charge in [0.15, 0.2) is 0 Å². The Morgan fingerprint density at radius 1 is 0.905 bits per heavy atom. The van der Waals surface area contributed by atoms with Crippen molar-refractivity contribution in [2.75, 3.05) is 13.1 Å². The highest BCUT2D eigenvalue weighted by Gasteiger charge is 2.40. The molecular weight excluding hydrogens is 254 g/mol. The number of benzene rings is 2. The van der Waals surface area contributed by atoms with Gasteiger partial charge in [0.2, 0.25) is 0 Å². The number of rotatable bonds is 1. The molecule has 0 bridgehead atoms. The molecule has 2 aromatic rings. The molecule has 0 spiro atoms. The van der Waals surface area contributed by atoms with E-state index in [-0.39, 0.29) is 0 Å². The SMILES string of the molecule is Cc1ccc(C2c3cc(C)ccc3CC3CNCC32)cc1. The molecule has 2 aromatic carbocycles. The standard InChI is InChI=1S/C20H23N/c1-13-3-6-15(7-4-13)20-18-9-14(2)5-8-16(18)10-17-11-21-12-19(17)20/h3-9,17,19-21H,10-12H2,1-2H3. The van der Waals surface area contributed by atoms with Crippen molar-refractivity contribution in [3.63, 3.8) is 0 Å². The molecule has 1 heteroatoms. The number of hydrogen-bond donors (Lipinski definition) is 1. The first-order valence-corrected chi connectivity index (χ1v) is 8.09. The maximum Gasteiger partial charge on any atom is 0.0136 e. The van der Waals surface area contributed by atoms with Crippen LogP contribution in [0.25, 0.3) is 0 Å². The van der Waals surface area contributed by atoms with Crippen LogP contribution in [0.2, 0.25) is 0 Å². The van der Waals surface area contributed by atoms with Gasteiger partial charge in [0, 0.05) is 5.92 Å². The Bertz CT molecular complexity index is 656. The summed E-state index contributed by atoms with van der Waals surface area (Å²) in [7, 11) is 0. The van der Waals surface area contributed by atoms with Gasteiger partial charge in [0.05, 0.1) is 0 Å². The quantitative estimate of drug-likeness (QED) is 0.835. The van der Waals surface area contributed by atoms with Crippen LogP contribution >= 0.6 is 0 Å². The van der Waals surface area contributed by atoms with Gasteiger partial charge in [-0.15, -0.1) is 0 Å². The second-order valence-corrected chi connectivity index (χ2v) is 6.88. The van der Waals surface area contributed by atoms with Gasteiger partial charge in [-0.05, 0) is 61.9 Å². The summed E-state index contributed by atoms with van der Waals surface area (Å²) in [6.45, 7) is 6.73. The van der Waals surface area contributed by atoms with E-state index in [9.17, 15) is 0 Å². The summed E-state index contributed by atoms with van der Waals surface area (Å²) in [5.41, 5.74) is 7.36. The van der Waals surface area contributed by atoms with Crippen molar-refractivity contribution < 1.29 is 0 Å². The Kier molecular flexibility index (Phi) is 3.11. The Hall–Kier alpha value is -1.60. The van der Waals surface area contributed by atoms with Crippen molar-refractivity contribution in [1.29, 1.82) is 0 Å². The van der Waals surface area contributed by atoms with Crippen LogP contribution in [0, 0.1) is 25.7 Å². The molecule has 3 unspecified atom stereocenters. The molecular formula is C20H23N. The van der Waals surface area contributed by atoms with Crippen molar-refractivity contribution in [1.82, 2.24) is 5.32 Å². The zero-order chi connectivity index (χ0) is 14.4. The highest BCUT2D eigenvalue weighted by molar-refractivity contribution is 5.44. The van der Waals surface area contributed by atoms with E-state index in [2.05, 4.69) is 61.6 Å². The minimum Gasteiger partial charge on any atom is -0.316 e. The van der Waals surface area contributed by atoms with Crippen LogP contribution in [0.5, 0.6) is 0 Å². The monoisotopic (exact) mass is 277 g/mol. The summed E-state index contributed by atoms with van der Waals surface area (Å²) in [6.07, 6.45) is 1.25. The van der Waals surface area contributed by atoms with Gasteiger partial charge in [0.1, 0.15) is 0 Å². The van der Waals surface area contributed by atoms with Crippen LogP contribution in [0.4, 0.5) is 0 Å². The molecule has 0 amide bonds. The Labute approximate surface area is 127 Å². The minimum absolute atomic E-state index is 0.564. The Morgan fingerprint density at radius 3 is 2.48 bits per heavy atom. The number of fused-ring (bicyclic) bond motifs is 2. The lowest BCUT2D eigenvalue weighted by molar-refractivity contribution is 0.353. The topological polar surface area (TPSA) is 12.0 Å². The lowest BCUT2D eigenvalue weighted by Crippen LogP contribution is -2.29. The zero-order valence-corrected chi connectivity index (χ0v) is 12.9. The minimum atomic E-state index is 0.564. The van der Waals surface area contributed by atoms with E-state index in [0.29, 0.717) is 5.92 Å². The van der Waals surface area contributed by atoms with Gasteiger partial charge in [0.25, 0.3) is 0 Å². The van der Waals surface area contributed by atoms with Gasteiger partial charge in [-0.1, -0.05) is 53.6 Å². The average Bonchev–Trinajstić information content (AvgIpc) is 2.94. The molecule has 1 nitrogen and oxygen atoms in total. The fourth-order valence-electron chi connectivity index (χ4n) is 4.27. The van der Waals surface area contributed by atoms with Gasteiger partial charge in [-0.3, -0.25) is 0 Å². The average molecular weight is 277 g/mol. The molecule has 3 atom stereocenters. The lowest BCUT2D eigenvalue weighted by atomic mass is 9.67. The number of aryl methyl sites for hydroxylation is 2. The second-order valence-electron chi connectivity index (χ2n) is 6.88. The first kappa shape index (κ1) is 13.1. The van der Waals surface area contributed by atoms with Gasteiger partial charge >= 0.3 is 0 Å². The van der Waals surface area contributed by atoms with E-state index in [1.165, 1.54) is 29.7 Å². The van der Waals surface area contributed by atoms with Crippen LogP contribution in [0.15, 0.2) is 42.5 Å². The predicted octanol–water partition coefficient (Wildman–Crippen LogP) is 3.83. The molecule has 1 aliphatic carbocycles. The summed E-state index contributed by atoms with van der Waals surface area (Å²) < 4.78 is 0. The Balaban J connectivity index is 1.86. The van der Waals surface area contributed by atoms with Crippen molar-refractivity contribution in [3.8, 4) is 0 Å². The molecule has 1 heterocycles.